The Morgan fingerprint density at radius 2 is 1.66 bits per heavy atom. The van der Waals surface area contributed by atoms with Crippen molar-refractivity contribution in [2.24, 2.45) is 0 Å². The largest absolute Gasteiger partial charge is 0.291 e. The number of aromatic nitrogens is 4. The van der Waals surface area contributed by atoms with Crippen molar-refractivity contribution in [3.63, 3.8) is 0 Å². The molecule has 3 aromatic carbocycles. The highest BCUT2D eigenvalue weighted by Crippen LogP contribution is 2.43. The number of nitrogens with zero attached hydrogens (tertiary/aromatic N) is 4. The number of rotatable bonds is 2. The molecular formula is C24H15FN4. The van der Waals surface area contributed by atoms with Gasteiger partial charge in [0, 0.05) is 16.8 Å². The predicted octanol–water partition coefficient (Wildman–Crippen LogP) is 5.19. The van der Waals surface area contributed by atoms with Crippen molar-refractivity contribution in [1.82, 2.24) is 19.7 Å². The third-order valence-corrected chi connectivity index (χ3v) is 5.52. The summed E-state index contributed by atoms with van der Waals surface area (Å²) in [6.45, 7) is 0. The van der Waals surface area contributed by atoms with Gasteiger partial charge in [0.05, 0.1) is 11.7 Å². The van der Waals surface area contributed by atoms with Crippen LogP contribution in [0.15, 0.2) is 79.0 Å². The molecule has 2 heterocycles. The Labute approximate surface area is 166 Å². The van der Waals surface area contributed by atoms with Gasteiger partial charge in [-0.1, -0.05) is 42.5 Å². The number of hydrogen-bond acceptors (Lipinski definition) is 3. The zero-order chi connectivity index (χ0) is 19.4. The van der Waals surface area contributed by atoms with E-state index in [1.807, 2.05) is 60.7 Å². The van der Waals surface area contributed by atoms with E-state index < -0.39 is 0 Å². The van der Waals surface area contributed by atoms with Gasteiger partial charge in [0.25, 0.3) is 0 Å². The summed E-state index contributed by atoms with van der Waals surface area (Å²) in [5.74, 6) is 0.548. The van der Waals surface area contributed by atoms with E-state index in [-0.39, 0.29) is 5.82 Å². The van der Waals surface area contributed by atoms with Crippen LogP contribution in [0.25, 0.3) is 39.4 Å². The van der Waals surface area contributed by atoms with Crippen LogP contribution >= 0.6 is 0 Å². The molecule has 1 aliphatic carbocycles. The van der Waals surface area contributed by atoms with Gasteiger partial charge in [0.15, 0.2) is 0 Å². The summed E-state index contributed by atoms with van der Waals surface area (Å²) in [5, 5.41) is 8.20. The van der Waals surface area contributed by atoms with Crippen molar-refractivity contribution in [2.75, 3.05) is 0 Å². The summed E-state index contributed by atoms with van der Waals surface area (Å²) in [4.78, 5) is 4.80. The van der Waals surface area contributed by atoms with Crippen LogP contribution in [-0.2, 0) is 6.42 Å². The first-order valence-electron chi connectivity index (χ1n) is 9.47. The molecule has 0 atom stereocenters. The van der Waals surface area contributed by atoms with Crippen LogP contribution in [-0.4, -0.2) is 19.7 Å². The summed E-state index contributed by atoms with van der Waals surface area (Å²) >= 11 is 0. The molecule has 0 spiro atoms. The lowest BCUT2D eigenvalue weighted by Gasteiger charge is -2.13. The second-order valence-corrected chi connectivity index (χ2v) is 7.13. The van der Waals surface area contributed by atoms with Gasteiger partial charge in [0.1, 0.15) is 11.6 Å². The van der Waals surface area contributed by atoms with Gasteiger partial charge in [-0.3, -0.25) is 4.57 Å². The minimum Gasteiger partial charge on any atom is -0.291 e. The van der Waals surface area contributed by atoms with Crippen LogP contribution in [0.4, 0.5) is 4.39 Å². The fourth-order valence-electron chi connectivity index (χ4n) is 4.27. The van der Waals surface area contributed by atoms with Crippen molar-refractivity contribution in [1.29, 1.82) is 0 Å². The van der Waals surface area contributed by atoms with E-state index in [9.17, 15) is 4.39 Å². The second-order valence-electron chi connectivity index (χ2n) is 7.13. The van der Waals surface area contributed by atoms with Crippen molar-refractivity contribution >= 4 is 11.2 Å². The number of fused-ring (bicyclic) bond motifs is 4. The third kappa shape index (κ3) is 2.34. The quantitative estimate of drug-likeness (QED) is 0.416. The molecule has 2 aromatic heterocycles. The average Bonchev–Trinajstić information content (AvgIpc) is 3.34. The maximum Gasteiger partial charge on any atom is 0.200 e. The Bertz CT molecular complexity index is 1390. The number of benzene rings is 3. The minimum absolute atomic E-state index is 0.198. The molecule has 6 rings (SSSR count). The Hall–Kier alpha value is -3.86. The van der Waals surface area contributed by atoms with E-state index >= 15 is 0 Å². The molecule has 0 amide bonds. The molecule has 0 bridgehead atoms. The zero-order valence-corrected chi connectivity index (χ0v) is 15.4. The van der Waals surface area contributed by atoms with E-state index in [1.54, 1.807) is 6.20 Å². The molecular weight excluding hydrogens is 363 g/mol. The monoisotopic (exact) mass is 378 g/mol. The topological polar surface area (TPSA) is 43.6 Å². The highest BCUT2D eigenvalue weighted by molar-refractivity contribution is 5.87. The van der Waals surface area contributed by atoms with Crippen molar-refractivity contribution in [3.05, 3.63) is 95.9 Å². The van der Waals surface area contributed by atoms with Crippen LogP contribution in [0.5, 0.6) is 0 Å². The van der Waals surface area contributed by atoms with Crippen molar-refractivity contribution in [3.8, 4) is 28.2 Å². The standard InChI is InChI=1S/C24H15FN4/c25-20-11-10-18(19-14-15-6-4-5-9-17(15)22(19)20)24-27-23-21(12-13-26-28-23)29(24)16-7-2-1-3-8-16/h1-13H,14H2. The van der Waals surface area contributed by atoms with Crippen LogP contribution in [0, 0.1) is 5.82 Å². The molecule has 1 aliphatic rings. The highest BCUT2D eigenvalue weighted by atomic mass is 19.1. The first kappa shape index (κ1) is 16.1. The molecule has 0 saturated heterocycles. The number of hydrogen-bond donors (Lipinski definition) is 0. The molecule has 0 aliphatic heterocycles. The molecule has 0 fully saturated rings. The summed E-state index contributed by atoms with van der Waals surface area (Å²) in [5.41, 5.74) is 7.07. The van der Waals surface area contributed by atoms with Gasteiger partial charge >= 0.3 is 0 Å². The Morgan fingerprint density at radius 1 is 0.828 bits per heavy atom. The van der Waals surface area contributed by atoms with E-state index in [2.05, 4.69) is 20.8 Å². The number of imidazole rings is 1. The summed E-state index contributed by atoms with van der Waals surface area (Å²) < 4.78 is 16.9. The van der Waals surface area contributed by atoms with Gasteiger partial charge < -0.3 is 0 Å². The van der Waals surface area contributed by atoms with E-state index in [0.29, 0.717) is 17.6 Å². The van der Waals surface area contributed by atoms with Gasteiger partial charge in [-0.05, 0) is 53.4 Å². The molecule has 138 valence electrons. The number of halogens is 1. The molecule has 0 unspecified atom stereocenters. The van der Waals surface area contributed by atoms with Crippen LogP contribution in [0.3, 0.4) is 0 Å². The molecule has 0 N–H and O–H groups in total. The molecule has 29 heavy (non-hydrogen) atoms. The molecule has 4 nitrogen and oxygen atoms in total. The summed E-state index contributed by atoms with van der Waals surface area (Å²) in [6.07, 6.45) is 2.35. The summed E-state index contributed by atoms with van der Waals surface area (Å²) in [6, 6.07) is 23.3. The smallest absolute Gasteiger partial charge is 0.200 e. The van der Waals surface area contributed by atoms with E-state index in [1.165, 1.54) is 6.07 Å². The van der Waals surface area contributed by atoms with Crippen LogP contribution < -0.4 is 0 Å². The van der Waals surface area contributed by atoms with Gasteiger partial charge in [-0.25, -0.2) is 9.37 Å². The minimum atomic E-state index is -0.198. The van der Waals surface area contributed by atoms with Gasteiger partial charge in [-0.2, -0.15) is 5.10 Å². The fraction of sp³-hybridized carbons (Fsp3) is 0.0417. The molecule has 5 aromatic rings. The molecule has 0 saturated carbocycles. The van der Waals surface area contributed by atoms with Gasteiger partial charge in [-0.15, -0.1) is 5.10 Å². The normalized spacial score (nSPS) is 12.2. The number of para-hydroxylation sites is 1. The highest BCUT2D eigenvalue weighted by Gasteiger charge is 2.27. The Balaban J connectivity index is 1.68. The Kier molecular flexibility index (Phi) is 3.38. The van der Waals surface area contributed by atoms with E-state index in [4.69, 9.17) is 4.98 Å². The third-order valence-electron chi connectivity index (χ3n) is 5.52. The van der Waals surface area contributed by atoms with Crippen molar-refractivity contribution < 1.29 is 4.39 Å². The predicted molar refractivity (Wildman–Crippen MR) is 110 cm³/mol. The maximum absolute atomic E-state index is 14.8. The average molecular weight is 378 g/mol. The molecule has 0 radical (unpaired) electrons. The lowest BCUT2D eigenvalue weighted by molar-refractivity contribution is 0.631. The lowest BCUT2D eigenvalue weighted by atomic mass is 10.00. The first-order valence-corrected chi connectivity index (χ1v) is 9.47. The van der Waals surface area contributed by atoms with Crippen LogP contribution in [0.2, 0.25) is 0 Å². The fourth-order valence-corrected chi connectivity index (χ4v) is 4.27. The Morgan fingerprint density at radius 3 is 2.55 bits per heavy atom. The second kappa shape index (κ2) is 6.07. The lowest BCUT2D eigenvalue weighted by Crippen LogP contribution is -2.00. The molecule has 5 heteroatoms. The van der Waals surface area contributed by atoms with Crippen LogP contribution in [0.1, 0.15) is 11.1 Å². The first-order chi connectivity index (χ1) is 14.3. The van der Waals surface area contributed by atoms with E-state index in [0.717, 1.165) is 39.3 Å². The SMILES string of the molecule is Fc1ccc(-c2nc3nnccc3n2-c2ccccc2)c2c1-c1ccccc1C2. The van der Waals surface area contributed by atoms with Gasteiger partial charge in [0.2, 0.25) is 5.65 Å². The summed E-state index contributed by atoms with van der Waals surface area (Å²) in [7, 11) is 0. The maximum atomic E-state index is 14.8. The van der Waals surface area contributed by atoms with Crippen molar-refractivity contribution in [2.45, 2.75) is 6.42 Å². The zero-order valence-electron chi connectivity index (χ0n) is 15.4.